The average Bonchev–Trinajstić information content (AvgIpc) is 2.49. The molecule has 0 aromatic heterocycles. The Bertz CT molecular complexity index is 530. The third-order valence-electron chi connectivity index (χ3n) is 3.70. The van der Waals surface area contributed by atoms with Crippen LogP contribution in [0.1, 0.15) is 27.7 Å². The van der Waals surface area contributed by atoms with E-state index in [0.717, 1.165) is 0 Å². The van der Waals surface area contributed by atoms with Crippen LogP contribution in [-0.4, -0.2) is 24.7 Å². The molecule has 0 bridgehead atoms. The van der Waals surface area contributed by atoms with Gasteiger partial charge in [0.2, 0.25) is 0 Å². The highest BCUT2D eigenvalue weighted by atomic mass is 79.9. The quantitative estimate of drug-likeness (QED) is 0.748. The Morgan fingerprint density at radius 3 is 2.10 bits per heavy atom. The number of rotatable bonds is 2. The lowest BCUT2D eigenvalue weighted by molar-refractivity contribution is -0.274. The molecule has 1 heterocycles. The fourth-order valence-electron chi connectivity index (χ4n) is 1.89. The highest BCUT2D eigenvalue weighted by Crippen LogP contribution is 2.37. The van der Waals surface area contributed by atoms with Gasteiger partial charge in [0.05, 0.1) is 11.2 Å². The van der Waals surface area contributed by atoms with E-state index in [1.165, 1.54) is 18.2 Å². The molecule has 0 aliphatic carbocycles. The molecule has 0 saturated carbocycles. The summed E-state index contributed by atoms with van der Waals surface area (Å²) in [6, 6.07) is 4.21. The summed E-state index contributed by atoms with van der Waals surface area (Å²) in [5.74, 6) is -0.329. The minimum atomic E-state index is -4.77. The summed E-state index contributed by atoms with van der Waals surface area (Å²) in [6.07, 6.45) is -4.77. The molecule has 0 spiro atoms. The zero-order valence-corrected chi connectivity index (χ0v) is 13.6. The fraction of sp³-hybridized carbons (Fsp3) is 0.538. The lowest BCUT2D eigenvalue weighted by Crippen LogP contribution is -2.41. The zero-order chi connectivity index (χ0) is 16.1. The molecular formula is C13H15BBrF3O3. The van der Waals surface area contributed by atoms with E-state index in [2.05, 4.69) is 20.7 Å². The van der Waals surface area contributed by atoms with Crippen LogP contribution in [0.25, 0.3) is 0 Å². The van der Waals surface area contributed by atoms with Gasteiger partial charge in [0.1, 0.15) is 5.75 Å². The Morgan fingerprint density at radius 1 is 1.10 bits per heavy atom. The summed E-state index contributed by atoms with van der Waals surface area (Å²) in [5.41, 5.74) is -1.09. The van der Waals surface area contributed by atoms with Gasteiger partial charge in [0.15, 0.2) is 0 Å². The lowest BCUT2D eigenvalue weighted by Gasteiger charge is -2.32. The Hall–Kier alpha value is -0.725. The third kappa shape index (κ3) is 3.55. The number of halogens is 4. The van der Waals surface area contributed by atoms with Gasteiger partial charge in [0.25, 0.3) is 0 Å². The standard InChI is InChI=1S/C13H15BBrF3O3/c1-11(2)12(3,4)21-14(20-11)9-7-8(15)5-6-10(9)19-13(16,17)18/h5-7H,1-4H3. The van der Waals surface area contributed by atoms with Crippen LogP contribution in [0.2, 0.25) is 0 Å². The SMILES string of the molecule is CC1(C)OB(c2cc(Br)ccc2OC(F)(F)F)OC1(C)C. The molecule has 21 heavy (non-hydrogen) atoms. The lowest BCUT2D eigenvalue weighted by atomic mass is 9.78. The van der Waals surface area contributed by atoms with Crippen molar-refractivity contribution in [1.82, 2.24) is 0 Å². The van der Waals surface area contributed by atoms with Crippen molar-refractivity contribution in [2.45, 2.75) is 45.3 Å². The number of hydrogen-bond acceptors (Lipinski definition) is 3. The zero-order valence-electron chi connectivity index (χ0n) is 12.0. The van der Waals surface area contributed by atoms with Crippen LogP contribution in [0.5, 0.6) is 5.75 Å². The first-order valence-electron chi connectivity index (χ1n) is 6.32. The van der Waals surface area contributed by atoms with Crippen LogP contribution in [-0.2, 0) is 9.31 Å². The second-order valence-electron chi connectivity index (χ2n) is 5.82. The van der Waals surface area contributed by atoms with Crippen molar-refractivity contribution in [3.05, 3.63) is 22.7 Å². The van der Waals surface area contributed by atoms with E-state index in [1.54, 1.807) is 0 Å². The first-order chi connectivity index (χ1) is 9.41. The summed E-state index contributed by atoms with van der Waals surface area (Å²) < 4.78 is 53.7. The topological polar surface area (TPSA) is 27.7 Å². The van der Waals surface area contributed by atoms with E-state index in [4.69, 9.17) is 9.31 Å². The van der Waals surface area contributed by atoms with E-state index in [9.17, 15) is 13.2 Å². The molecule has 0 amide bonds. The molecule has 0 N–H and O–H groups in total. The van der Waals surface area contributed by atoms with Crippen LogP contribution >= 0.6 is 15.9 Å². The van der Waals surface area contributed by atoms with Crippen LogP contribution in [0.15, 0.2) is 22.7 Å². The Labute approximate surface area is 130 Å². The first kappa shape index (κ1) is 16.6. The fourth-order valence-corrected chi connectivity index (χ4v) is 2.27. The van der Waals surface area contributed by atoms with Crippen LogP contribution < -0.4 is 10.2 Å². The monoisotopic (exact) mass is 366 g/mol. The molecule has 3 nitrogen and oxygen atoms in total. The number of hydrogen-bond donors (Lipinski definition) is 0. The highest BCUT2D eigenvalue weighted by molar-refractivity contribution is 9.10. The Kier molecular flexibility index (Phi) is 4.10. The van der Waals surface area contributed by atoms with E-state index >= 15 is 0 Å². The maximum atomic E-state index is 12.5. The van der Waals surface area contributed by atoms with Gasteiger partial charge in [-0.05, 0) is 45.9 Å². The van der Waals surface area contributed by atoms with Crippen molar-refractivity contribution in [2.75, 3.05) is 0 Å². The molecule has 2 rings (SSSR count). The molecule has 8 heteroatoms. The highest BCUT2D eigenvalue weighted by Gasteiger charge is 2.53. The van der Waals surface area contributed by atoms with E-state index in [1.807, 2.05) is 27.7 Å². The minimum Gasteiger partial charge on any atom is -0.406 e. The van der Waals surface area contributed by atoms with Gasteiger partial charge >= 0.3 is 13.5 Å². The molecule has 1 aromatic carbocycles. The van der Waals surface area contributed by atoms with Crippen molar-refractivity contribution < 1.29 is 27.2 Å². The van der Waals surface area contributed by atoms with Crippen molar-refractivity contribution in [3.63, 3.8) is 0 Å². The summed E-state index contributed by atoms with van der Waals surface area (Å²) in [4.78, 5) is 0. The summed E-state index contributed by atoms with van der Waals surface area (Å²) >= 11 is 3.23. The van der Waals surface area contributed by atoms with Gasteiger partial charge < -0.3 is 14.0 Å². The molecule has 1 saturated heterocycles. The van der Waals surface area contributed by atoms with Crippen molar-refractivity contribution >= 4 is 28.5 Å². The molecule has 1 aliphatic rings. The number of alkyl halides is 3. The molecule has 1 fully saturated rings. The molecule has 0 unspecified atom stereocenters. The largest absolute Gasteiger partial charge is 0.573 e. The van der Waals surface area contributed by atoms with E-state index < -0.39 is 24.7 Å². The van der Waals surface area contributed by atoms with Crippen LogP contribution in [0.3, 0.4) is 0 Å². The molecule has 0 radical (unpaired) electrons. The van der Waals surface area contributed by atoms with Crippen molar-refractivity contribution in [3.8, 4) is 5.75 Å². The minimum absolute atomic E-state index is 0.195. The predicted octanol–water partition coefficient (Wildman–Crippen LogP) is 3.65. The summed E-state index contributed by atoms with van der Waals surface area (Å²) in [7, 11) is -0.926. The second kappa shape index (κ2) is 5.17. The second-order valence-corrected chi connectivity index (χ2v) is 6.73. The van der Waals surface area contributed by atoms with Gasteiger partial charge in [-0.2, -0.15) is 0 Å². The molecule has 1 aliphatic heterocycles. The van der Waals surface area contributed by atoms with Gasteiger partial charge in [-0.15, -0.1) is 13.2 Å². The van der Waals surface area contributed by atoms with Crippen LogP contribution in [0, 0.1) is 0 Å². The Morgan fingerprint density at radius 2 is 1.62 bits per heavy atom. The summed E-state index contributed by atoms with van der Waals surface area (Å²) in [6.45, 7) is 7.31. The molecule has 116 valence electrons. The first-order valence-corrected chi connectivity index (χ1v) is 7.11. The van der Waals surface area contributed by atoms with E-state index in [0.29, 0.717) is 4.47 Å². The van der Waals surface area contributed by atoms with Crippen molar-refractivity contribution in [2.24, 2.45) is 0 Å². The molecule has 0 atom stereocenters. The number of ether oxygens (including phenoxy) is 1. The maximum absolute atomic E-state index is 12.5. The molecule has 1 aromatic rings. The van der Waals surface area contributed by atoms with Crippen molar-refractivity contribution in [1.29, 1.82) is 0 Å². The average molecular weight is 367 g/mol. The van der Waals surface area contributed by atoms with Gasteiger partial charge in [-0.25, -0.2) is 0 Å². The Balaban J connectivity index is 2.38. The smallest absolute Gasteiger partial charge is 0.406 e. The molecular weight excluding hydrogens is 352 g/mol. The van der Waals surface area contributed by atoms with Gasteiger partial charge in [0, 0.05) is 9.94 Å². The van der Waals surface area contributed by atoms with Crippen LogP contribution in [0.4, 0.5) is 13.2 Å². The van der Waals surface area contributed by atoms with E-state index in [-0.39, 0.29) is 11.2 Å². The third-order valence-corrected chi connectivity index (χ3v) is 4.20. The summed E-state index contributed by atoms with van der Waals surface area (Å²) in [5, 5.41) is 0. The number of benzene rings is 1. The van der Waals surface area contributed by atoms with Gasteiger partial charge in [-0.3, -0.25) is 0 Å². The van der Waals surface area contributed by atoms with Gasteiger partial charge in [-0.1, -0.05) is 15.9 Å². The predicted molar refractivity (Wildman–Crippen MR) is 76.5 cm³/mol. The maximum Gasteiger partial charge on any atom is 0.573 e. The normalized spacial score (nSPS) is 20.7.